The quantitative estimate of drug-likeness (QED) is 0.825. The van der Waals surface area contributed by atoms with Gasteiger partial charge >= 0.3 is 0 Å². The average Bonchev–Trinajstić information content (AvgIpc) is 2.26. The van der Waals surface area contributed by atoms with Crippen LogP contribution in [0.5, 0.6) is 5.75 Å². The zero-order valence-electron chi connectivity index (χ0n) is 9.66. The molecule has 0 fully saturated rings. The van der Waals surface area contributed by atoms with Gasteiger partial charge in [-0.15, -0.1) is 0 Å². The number of benzene rings is 1. The summed E-state index contributed by atoms with van der Waals surface area (Å²) in [6.45, 7) is 3.82. The first kappa shape index (κ1) is 13.0. The maximum absolute atomic E-state index is 11.9. The molecule has 1 aromatic rings. The lowest BCUT2D eigenvalue weighted by molar-refractivity contribution is 0.0940. The van der Waals surface area contributed by atoms with Gasteiger partial charge in [0.05, 0.1) is 18.2 Å². The zero-order valence-corrected chi connectivity index (χ0v) is 10.4. The van der Waals surface area contributed by atoms with Crippen molar-refractivity contribution in [2.45, 2.75) is 19.9 Å². The van der Waals surface area contributed by atoms with Crippen LogP contribution in [-0.2, 0) is 0 Å². The van der Waals surface area contributed by atoms with E-state index in [0.717, 1.165) is 0 Å². The summed E-state index contributed by atoms with van der Waals surface area (Å²) in [6, 6.07) is 4.44. The van der Waals surface area contributed by atoms with E-state index in [4.69, 9.17) is 22.1 Å². The molecule has 0 aliphatic carbocycles. The van der Waals surface area contributed by atoms with Crippen molar-refractivity contribution >= 4 is 17.4 Å². The summed E-state index contributed by atoms with van der Waals surface area (Å²) >= 11 is 5.94. The van der Waals surface area contributed by atoms with Crippen LogP contribution in [0.15, 0.2) is 18.2 Å². The number of hydrogen-bond acceptors (Lipinski definition) is 3. The molecule has 0 amide bonds. The number of methoxy groups -OCH3 is 1. The van der Waals surface area contributed by atoms with E-state index >= 15 is 0 Å². The third kappa shape index (κ3) is 2.74. The second kappa shape index (κ2) is 5.32. The fourth-order valence-electron chi connectivity index (χ4n) is 1.31. The first-order valence-corrected chi connectivity index (χ1v) is 5.48. The second-order valence-electron chi connectivity index (χ2n) is 3.98. The Morgan fingerprint density at radius 2 is 2.06 bits per heavy atom. The number of carbonyl (C=O) groups excluding carboxylic acids is 1. The third-order valence-corrected chi connectivity index (χ3v) is 2.75. The van der Waals surface area contributed by atoms with Crippen LogP contribution in [0.3, 0.4) is 0 Å². The molecule has 0 radical (unpaired) electrons. The number of halogens is 1. The molecule has 0 bridgehead atoms. The number of hydrogen-bond donors (Lipinski definition) is 1. The van der Waals surface area contributed by atoms with Crippen molar-refractivity contribution in [1.82, 2.24) is 0 Å². The van der Waals surface area contributed by atoms with Crippen molar-refractivity contribution in [2.24, 2.45) is 11.7 Å². The molecule has 0 aromatic heterocycles. The van der Waals surface area contributed by atoms with E-state index in [9.17, 15) is 4.79 Å². The maximum Gasteiger partial charge on any atom is 0.179 e. The molecule has 0 aliphatic heterocycles. The second-order valence-corrected chi connectivity index (χ2v) is 4.39. The highest BCUT2D eigenvalue weighted by molar-refractivity contribution is 6.32. The number of carbonyl (C=O) groups is 1. The van der Waals surface area contributed by atoms with Crippen LogP contribution in [0.4, 0.5) is 0 Å². The van der Waals surface area contributed by atoms with Crippen LogP contribution in [0.2, 0.25) is 5.02 Å². The van der Waals surface area contributed by atoms with Crippen molar-refractivity contribution in [2.75, 3.05) is 7.11 Å². The lowest BCUT2D eigenvalue weighted by Crippen LogP contribution is -2.35. The molecular formula is C12H16ClNO2. The average molecular weight is 242 g/mol. The highest BCUT2D eigenvalue weighted by Gasteiger charge is 2.19. The van der Waals surface area contributed by atoms with E-state index in [-0.39, 0.29) is 11.7 Å². The molecule has 1 rings (SSSR count). The molecule has 0 aliphatic rings. The summed E-state index contributed by atoms with van der Waals surface area (Å²) in [5.74, 6) is 0.560. The summed E-state index contributed by atoms with van der Waals surface area (Å²) in [4.78, 5) is 11.9. The van der Waals surface area contributed by atoms with Gasteiger partial charge in [-0.25, -0.2) is 0 Å². The first-order chi connectivity index (χ1) is 7.47. The molecule has 0 heterocycles. The summed E-state index contributed by atoms with van der Waals surface area (Å²) < 4.78 is 5.01. The zero-order chi connectivity index (χ0) is 12.3. The van der Waals surface area contributed by atoms with Gasteiger partial charge in [0.15, 0.2) is 5.78 Å². The highest BCUT2D eigenvalue weighted by Crippen LogP contribution is 2.25. The fourth-order valence-corrected chi connectivity index (χ4v) is 1.57. The Labute approximate surface area is 101 Å². The first-order valence-electron chi connectivity index (χ1n) is 5.10. The van der Waals surface area contributed by atoms with E-state index in [1.54, 1.807) is 18.2 Å². The molecule has 1 atom stereocenters. The minimum absolute atomic E-state index is 0.0976. The van der Waals surface area contributed by atoms with E-state index in [1.165, 1.54) is 7.11 Å². The minimum Gasteiger partial charge on any atom is -0.495 e. The lowest BCUT2D eigenvalue weighted by Gasteiger charge is -2.14. The predicted molar refractivity (Wildman–Crippen MR) is 65.1 cm³/mol. The summed E-state index contributed by atoms with van der Waals surface area (Å²) in [5, 5.41) is 0.421. The van der Waals surface area contributed by atoms with Crippen LogP contribution < -0.4 is 10.5 Å². The largest absolute Gasteiger partial charge is 0.495 e. The van der Waals surface area contributed by atoms with Gasteiger partial charge in [0, 0.05) is 5.56 Å². The molecular weight excluding hydrogens is 226 g/mol. The van der Waals surface area contributed by atoms with Crippen molar-refractivity contribution in [3.05, 3.63) is 28.8 Å². The molecule has 1 aromatic carbocycles. The van der Waals surface area contributed by atoms with Crippen LogP contribution in [0, 0.1) is 5.92 Å². The summed E-state index contributed by atoms with van der Waals surface area (Å²) in [6.07, 6.45) is 0. The maximum atomic E-state index is 11.9. The number of ether oxygens (including phenoxy) is 1. The number of ketones is 1. The van der Waals surface area contributed by atoms with Gasteiger partial charge in [-0.3, -0.25) is 4.79 Å². The van der Waals surface area contributed by atoms with Crippen LogP contribution in [0.1, 0.15) is 24.2 Å². The topological polar surface area (TPSA) is 52.3 Å². The Morgan fingerprint density at radius 1 is 1.44 bits per heavy atom. The summed E-state index contributed by atoms with van der Waals surface area (Å²) in [7, 11) is 1.53. The molecule has 88 valence electrons. The van der Waals surface area contributed by atoms with Gasteiger partial charge in [0.2, 0.25) is 0 Å². The van der Waals surface area contributed by atoms with Gasteiger partial charge in [-0.1, -0.05) is 25.4 Å². The van der Waals surface area contributed by atoms with Gasteiger partial charge in [0.1, 0.15) is 5.75 Å². The molecule has 4 heteroatoms. The van der Waals surface area contributed by atoms with E-state index in [1.807, 2.05) is 13.8 Å². The third-order valence-electron chi connectivity index (χ3n) is 2.46. The Balaban J connectivity index is 2.97. The van der Waals surface area contributed by atoms with Crippen LogP contribution >= 0.6 is 11.6 Å². The van der Waals surface area contributed by atoms with Gasteiger partial charge in [-0.2, -0.15) is 0 Å². The van der Waals surface area contributed by atoms with Crippen molar-refractivity contribution < 1.29 is 9.53 Å². The Kier molecular flexibility index (Phi) is 4.33. The van der Waals surface area contributed by atoms with Crippen LogP contribution in [-0.4, -0.2) is 18.9 Å². The minimum atomic E-state index is -0.496. The van der Waals surface area contributed by atoms with Crippen molar-refractivity contribution in [3.8, 4) is 5.75 Å². The van der Waals surface area contributed by atoms with Crippen molar-refractivity contribution in [1.29, 1.82) is 0 Å². The SMILES string of the molecule is COc1ccc(C(=O)C(N)C(C)C)cc1Cl. The molecule has 2 N–H and O–H groups in total. The monoisotopic (exact) mass is 241 g/mol. The molecule has 3 nitrogen and oxygen atoms in total. The molecule has 0 spiro atoms. The normalized spacial score (nSPS) is 12.6. The molecule has 0 saturated carbocycles. The van der Waals surface area contributed by atoms with Crippen molar-refractivity contribution in [3.63, 3.8) is 0 Å². The lowest BCUT2D eigenvalue weighted by atomic mass is 9.96. The van der Waals surface area contributed by atoms with Gasteiger partial charge < -0.3 is 10.5 Å². The Bertz CT molecular complexity index is 391. The highest BCUT2D eigenvalue weighted by atomic mass is 35.5. The molecule has 1 unspecified atom stereocenters. The van der Waals surface area contributed by atoms with E-state index < -0.39 is 6.04 Å². The Hall–Kier alpha value is -1.06. The Morgan fingerprint density at radius 3 is 2.50 bits per heavy atom. The number of rotatable bonds is 4. The summed E-state index contributed by atoms with van der Waals surface area (Å²) in [5.41, 5.74) is 6.31. The predicted octanol–water partition coefficient (Wildman–Crippen LogP) is 2.51. The smallest absolute Gasteiger partial charge is 0.179 e. The standard InChI is InChI=1S/C12H16ClNO2/c1-7(2)11(14)12(15)8-4-5-10(16-3)9(13)6-8/h4-7,11H,14H2,1-3H3. The molecule has 16 heavy (non-hydrogen) atoms. The molecule has 0 saturated heterocycles. The fraction of sp³-hybridized carbons (Fsp3) is 0.417. The van der Waals surface area contributed by atoms with Gasteiger partial charge in [-0.05, 0) is 24.1 Å². The van der Waals surface area contributed by atoms with Gasteiger partial charge in [0.25, 0.3) is 0 Å². The van der Waals surface area contributed by atoms with E-state index in [2.05, 4.69) is 0 Å². The number of nitrogens with two attached hydrogens (primary N) is 1. The van der Waals surface area contributed by atoms with E-state index in [0.29, 0.717) is 16.3 Å². The number of Topliss-reactive ketones (excluding diaryl/α,β-unsaturated/α-hetero) is 1. The van der Waals surface area contributed by atoms with Crippen LogP contribution in [0.25, 0.3) is 0 Å².